The van der Waals surface area contributed by atoms with Crippen LogP contribution >= 0.6 is 0 Å². The minimum atomic E-state index is -0.425. The van der Waals surface area contributed by atoms with Crippen LogP contribution in [0.5, 0.6) is 0 Å². The van der Waals surface area contributed by atoms with Crippen LogP contribution in [0, 0.1) is 0 Å². The number of methoxy groups -OCH3 is 1. The van der Waals surface area contributed by atoms with Crippen LogP contribution in [0.15, 0.2) is 0 Å². The lowest BCUT2D eigenvalue weighted by molar-refractivity contribution is 0.0255. The SMILES string of the molecule is CCCC(COC)NC1CCCN(C(=O)OC(C)(C)C)CC1. The highest BCUT2D eigenvalue weighted by atomic mass is 16.6. The molecule has 0 saturated carbocycles. The van der Waals surface area contributed by atoms with Gasteiger partial charge in [-0.05, 0) is 46.5 Å². The minimum absolute atomic E-state index is 0.185. The molecule has 1 heterocycles. The summed E-state index contributed by atoms with van der Waals surface area (Å²) in [5.41, 5.74) is -0.425. The van der Waals surface area contributed by atoms with Gasteiger partial charge in [-0.2, -0.15) is 0 Å². The van der Waals surface area contributed by atoms with Crippen LogP contribution in [-0.4, -0.2) is 55.5 Å². The molecule has 0 radical (unpaired) electrons. The average molecular weight is 314 g/mol. The third-order valence-electron chi connectivity index (χ3n) is 3.86. The molecule has 1 rings (SSSR count). The summed E-state index contributed by atoms with van der Waals surface area (Å²) in [6.07, 6.45) is 5.18. The van der Waals surface area contributed by atoms with Gasteiger partial charge in [0.15, 0.2) is 0 Å². The van der Waals surface area contributed by atoms with Crippen molar-refractivity contribution in [2.75, 3.05) is 26.8 Å². The van der Waals surface area contributed by atoms with Gasteiger partial charge in [0.2, 0.25) is 0 Å². The van der Waals surface area contributed by atoms with E-state index in [1.807, 2.05) is 25.7 Å². The first-order valence-electron chi connectivity index (χ1n) is 8.58. The van der Waals surface area contributed by atoms with E-state index in [2.05, 4.69) is 12.2 Å². The van der Waals surface area contributed by atoms with Crippen LogP contribution < -0.4 is 5.32 Å². The molecule has 2 unspecified atom stereocenters. The second-order valence-corrected chi connectivity index (χ2v) is 7.20. The molecule has 0 aromatic rings. The van der Waals surface area contributed by atoms with Crippen LogP contribution in [-0.2, 0) is 9.47 Å². The number of nitrogens with zero attached hydrogens (tertiary/aromatic N) is 1. The highest BCUT2D eigenvalue weighted by Gasteiger charge is 2.25. The second-order valence-electron chi connectivity index (χ2n) is 7.20. The van der Waals surface area contributed by atoms with Gasteiger partial charge in [-0.1, -0.05) is 13.3 Å². The van der Waals surface area contributed by atoms with E-state index in [-0.39, 0.29) is 6.09 Å². The van der Waals surface area contributed by atoms with Crippen molar-refractivity contribution in [3.05, 3.63) is 0 Å². The van der Waals surface area contributed by atoms with Crippen molar-refractivity contribution >= 4 is 6.09 Å². The van der Waals surface area contributed by atoms with Crippen molar-refractivity contribution in [1.29, 1.82) is 0 Å². The summed E-state index contributed by atoms with van der Waals surface area (Å²) in [4.78, 5) is 14.0. The summed E-state index contributed by atoms with van der Waals surface area (Å²) in [6, 6.07) is 0.868. The number of nitrogens with one attached hydrogen (secondary N) is 1. The zero-order valence-corrected chi connectivity index (χ0v) is 15.0. The summed E-state index contributed by atoms with van der Waals surface area (Å²) in [7, 11) is 1.75. The first-order valence-corrected chi connectivity index (χ1v) is 8.58. The van der Waals surface area contributed by atoms with Crippen LogP contribution in [0.2, 0.25) is 0 Å². The maximum Gasteiger partial charge on any atom is 0.410 e. The van der Waals surface area contributed by atoms with Gasteiger partial charge < -0.3 is 19.7 Å². The Morgan fingerprint density at radius 1 is 1.32 bits per heavy atom. The van der Waals surface area contributed by atoms with Crippen LogP contribution in [0.25, 0.3) is 0 Å². The quantitative estimate of drug-likeness (QED) is 0.818. The van der Waals surface area contributed by atoms with Gasteiger partial charge in [-0.25, -0.2) is 4.79 Å². The number of carbonyl (C=O) groups is 1. The molecule has 2 atom stereocenters. The Morgan fingerprint density at radius 3 is 2.64 bits per heavy atom. The van der Waals surface area contributed by atoms with E-state index >= 15 is 0 Å². The first-order chi connectivity index (χ1) is 10.4. The molecule has 130 valence electrons. The van der Waals surface area contributed by atoms with E-state index in [1.165, 1.54) is 0 Å². The van der Waals surface area contributed by atoms with Gasteiger partial charge in [-0.3, -0.25) is 0 Å². The molecule has 1 aliphatic heterocycles. The van der Waals surface area contributed by atoms with Crippen molar-refractivity contribution in [3.8, 4) is 0 Å². The number of amides is 1. The molecule has 1 saturated heterocycles. The van der Waals surface area contributed by atoms with E-state index in [4.69, 9.17) is 9.47 Å². The fourth-order valence-electron chi connectivity index (χ4n) is 2.87. The summed E-state index contributed by atoms with van der Waals surface area (Å²) < 4.78 is 10.8. The molecule has 1 aliphatic rings. The Labute approximate surface area is 135 Å². The highest BCUT2D eigenvalue weighted by molar-refractivity contribution is 5.68. The maximum atomic E-state index is 12.2. The fourth-order valence-corrected chi connectivity index (χ4v) is 2.87. The molecule has 1 fully saturated rings. The molecule has 0 bridgehead atoms. The van der Waals surface area contributed by atoms with Crippen molar-refractivity contribution in [2.24, 2.45) is 0 Å². The van der Waals surface area contributed by atoms with Gasteiger partial charge in [0.05, 0.1) is 6.61 Å². The summed E-state index contributed by atoms with van der Waals surface area (Å²) in [5.74, 6) is 0. The molecule has 1 amide bonds. The van der Waals surface area contributed by atoms with Gasteiger partial charge in [0, 0.05) is 32.3 Å². The summed E-state index contributed by atoms with van der Waals surface area (Å²) >= 11 is 0. The van der Waals surface area contributed by atoms with Crippen molar-refractivity contribution < 1.29 is 14.3 Å². The summed E-state index contributed by atoms with van der Waals surface area (Å²) in [6.45, 7) is 10.2. The number of carbonyl (C=O) groups excluding carboxylic acids is 1. The predicted octanol–water partition coefficient (Wildman–Crippen LogP) is 3.18. The Bertz CT molecular complexity index is 322. The Kier molecular flexibility index (Phi) is 8.18. The van der Waals surface area contributed by atoms with Crippen molar-refractivity contribution in [3.63, 3.8) is 0 Å². The standard InChI is InChI=1S/C17H34N2O3/c1-6-8-15(13-21-5)18-14-9-7-11-19(12-10-14)16(20)22-17(2,3)4/h14-15,18H,6-13H2,1-5H3. The van der Waals surface area contributed by atoms with Gasteiger partial charge in [0.25, 0.3) is 0 Å². The zero-order chi connectivity index (χ0) is 16.6. The molecule has 1 N–H and O–H groups in total. The van der Waals surface area contributed by atoms with Gasteiger partial charge in [0.1, 0.15) is 5.60 Å². The topological polar surface area (TPSA) is 50.8 Å². The first kappa shape index (κ1) is 19.2. The monoisotopic (exact) mass is 314 g/mol. The highest BCUT2D eigenvalue weighted by Crippen LogP contribution is 2.16. The largest absolute Gasteiger partial charge is 0.444 e. The molecule has 5 nitrogen and oxygen atoms in total. The summed E-state index contributed by atoms with van der Waals surface area (Å²) in [5, 5.41) is 3.70. The maximum absolute atomic E-state index is 12.2. The molecule has 22 heavy (non-hydrogen) atoms. The normalized spacial score (nSPS) is 21.3. The molecular formula is C17H34N2O3. The molecule has 0 aromatic heterocycles. The smallest absolute Gasteiger partial charge is 0.410 e. The van der Waals surface area contributed by atoms with Gasteiger partial charge in [-0.15, -0.1) is 0 Å². The van der Waals surface area contributed by atoms with Crippen LogP contribution in [0.3, 0.4) is 0 Å². The van der Waals surface area contributed by atoms with Crippen LogP contribution in [0.4, 0.5) is 4.79 Å². The lowest BCUT2D eigenvalue weighted by Crippen LogP contribution is -2.42. The van der Waals surface area contributed by atoms with Crippen LogP contribution in [0.1, 0.15) is 59.8 Å². The lowest BCUT2D eigenvalue weighted by Gasteiger charge is -2.27. The Hall–Kier alpha value is -0.810. The molecule has 5 heteroatoms. The van der Waals surface area contributed by atoms with Crippen molar-refractivity contribution in [1.82, 2.24) is 10.2 Å². The number of ether oxygens (including phenoxy) is 2. The van der Waals surface area contributed by atoms with E-state index in [0.717, 1.165) is 51.8 Å². The molecular weight excluding hydrogens is 280 g/mol. The Morgan fingerprint density at radius 2 is 2.05 bits per heavy atom. The van der Waals surface area contributed by atoms with E-state index in [0.29, 0.717) is 12.1 Å². The lowest BCUT2D eigenvalue weighted by atomic mass is 10.1. The van der Waals surface area contributed by atoms with Crippen molar-refractivity contribution in [2.45, 2.75) is 77.5 Å². The van der Waals surface area contributed by atoms with Gasteiger partial charge >= 0.3 is 6.09 Å². The van der Waals surface area contributed by atoms with E-state index in [1.54, 1.807) is 7.11 Å². The third-order valence-corrected chi connectivity index (χ3v) is 3.86. The Balaban J connectivity index is 2.46. The molecule has 0 aliphatic carbocycles. The fraction of sp³-hybridized carbons (Fsp3) is 0.941. The molecule has 0 spiro atoms. The van der Waals surface area contributed by atoms with E-state index in [9.17, 15) is 4.79 Å². The average Bonchev–Trinajstić information content (AvgIpc) is 2.63. The third kappa shape index (κ3) is 7.45. The zero-order valence-electron chi connectivity index (χ0n) is 15.0. The number of hydrogen-bond acceptors (Lipinski definition) is 4. The second kappa shape index (κ2) is 9.36. The number of hydrogen-bond donors (Lipinski definition) is 1. The molecule has 0 aromatic carbocycles. The number of rotatable bonds is 6. The predicted molar refractivity (Wildman–Crippen MR) is 89.2 cm³/mol. The minimum Gasteiger partial charge on any atom is -0.444 e. The van der Waals surface area contributed by atoms with E-state index < -0.39 is 5.60 Å². The number of likely N-dealkylation sites (tertiary alicyclic amines) is 1.